The van der Waals surface area contributed by atoms with Crippen LogP contribution in [0.5, 0.6) is 0 Å². The molecule has 9 rings (SSSR count). The number of nitrogens with zero attached hydrogens (tertiary/aromatic N) is 3. The van der Waals surface area contributed by atoms with Crippen LogP contribution >= 0.6 is 0 Å². The molecule has 0 fully saturated rings. The van der Waals surface area contributed by atoms with Crippen molar-refractivity contribution in [3.63, 3.8) is 0 Å². The predicted octanol–water partition coefficient (Wildman–Crippen LogP) is 9.96. The lowest BCUT2D eigenvalue weighted by molar-refractivity contribution is 0.670. The highest BCUT2D eigenvalue weighted by Crippen LogP contribution is 2.39. The van der Waals surface area contributed by atoms with E-state index in [9.17, 15) is 0 Å². The molecule has 0 aliphatic carbocycles. The van der Waals surface area contributed by atoms with Crippen molar-refractivity contribution in [1.82, 2.24) is 14.5 Å². The zero-order valence-electron chi connectivity index (χ0n) is 22.5. The van der Waals surface area contributed by atoms with Gasteiger partial charge in [-0.25, -0.2) is 9.97 Å². The molecule has 0 spiro atoms. The Labute approximate surface area is 241 Å². The zero-order chi connectivity index (χ0) is 27.6. The van der Waals surface area contributed by atoms with Gasteiger partial charge in [0.15, 0.2) is 0 Å². The summed E-state index contributed by atoms with van der Waals surface area (Å²) in [5.41, 5.74) is 9.05. The molecule has 196 valence electrons. The Kier molecular flexibility index (Phi) is 4.87. The third-order valence-corrected chi connectivity index (χ3v) is 8.23. The first-order chi connectivity index (χ1) is 20.8. The lowest BCUT2D eigenvalue weighted by Gasteiger charge is -2.12. The number of hydrogen-bond acceptors (Lipinski definition) is 3. The lowest BCUT2D eigenvalue weighted by Crippen LogP contribution is -2.03. The minimum Gasteiger partial charge on any atom is -0.455 e. The third kappa shape index (κ3) is 3.36. The summed E-state index contributed by atoms with van der Waals surface area (Å²) in [4.78, 5) is 10.3. The molecule has 9 aromatic rings. The van der Waals surface area contributed by atoms with Gasteiger partial charge in [-0.1, -0.05) is 109 Å². The molecule has 0 atom stereocenters. The number of hydrogen-bond donors (Lipinski definition) is 0. The molecule has 0 unspecified atom stereocenters. The van der Waals surface area contributed by atoms with E-state index in [4.69, 9.17) is 14.4 Å². The van der Waals surface area contributed by atoms with Crippen molar-refractivity contribution in [3.8, 4) is 28.3 Å². The van der Waals surface area contributed by atoms with Crippen LogP contribution in [0.15, 0.2) is 144 Å². The second-order valence-electron chi connectivity index (χ2n) is 10.6. The van der Waals surface area contributed by atoms with Crippen LogP contribution in [0.4, 0.5) is 0 Å². The summed E-state index contributed by atoms with van der Waals surface area (Å²) >= 11 is 0. The molecule has 6 aromatic carbocycles. The van der Waals surface area contributed by atoms with E-state index in [0.29, 0.717) is 5.95 Å². The maximum absolute atomic E-state index is 6.38. The van der Waals surface area contributed by atoms with E-state index in [1.54, 1.807) is 0 Å². The maximum Gasteiger partial charge on any atom is 0.235 e. The van der Waals surface area contributed by atoms with Gasteiger partial charge in [-0.3, -0.25) is 4.57 Å². The van der Waals surface area contributed by atoms with Crippen LogP contribution in [0, 0.1) is 0 Å². The highest BCUT2D eigenvalue weighted by molar-refractivity contribution is 6.13. The summed E-state index contributed by atoms with van der Waals surface area (Å²) in [6, 6.07) is 48.3. The first kappa shape index (κ1) is 23.0. The van der Waals surface area contributed by atoms with E-state index in [1.807, 2.05) is 30.3 Å². The molecule has 0 bridgehead atoms. The second kappa shape index (κ2) is 8.88. The van der Waals surface area contributed by atoms with Gasteiger partial charge in [-0.15, -0.1) is 0 Å². The molecule has 0 aliphatic rings. The first-order valence-corrected chi connectivity index (χ1v) is 14.1. The van der Waals surface area contributed by atoms with Crippen molar-refractivity contribution >= 4 is 54.6 Å². The molecule has 4 heteroatoms. The first-order valence-electron chi connectivity index (χ1n) is 14.1. The Morgan fingerprint density at radius 1 is 0.476 bits per heavy atom. The normalized spacial score (nSPS) is 11.8. The summed E-state index contributed by atoms with van der Waals surface area (Å²) < 4.78 is 8.57. The average Bonchev–Trinajstić information content (AvgIpc) is 3.60. The van der Waals surface area contributed by atoms with Crippen LogP contribution in [-0.2, 0) is 0 Å². The molecular weight excluding hydrogens is 514 g/mol. The quantitative estimate of drug-likeness (QED) is 0.225. The van der Waals surface area contributed by atoms with Gasteiger partial charge in [-0.05, 0) is 35.9 Å². The number of aromatic nitrogens is 3. The fourth-order valence-electron chi connectivity index (χ4n) is 6.31. The molecule has 4 nitrogen and oxygen atoms in total. The summed E-state index contributed by atoms with van der Waals surface area (Å²) in [5, 5.41) is 5.60. The Morgan fingerprint density at radius 3 is 2.10 bits per heavy atom. The second-order valence-corrected chi connectivity index (χ2v) is 10.6. The van der Waals surface area contributed by atoms with Gasteiger partial charge in [0.25, 0.3) is 0 Å². The minimum atomic E-state index is 0.658. The Hall–Kier alpha value is -5.74. The molecule has 42 heavy (non-hydrogen) atoms. The van der Waals surface area contributed by atoms with Crippen molar-refractivity contribution in [3.05, 3.63) is 140 Å². The monoisotopic (exact) mass is 537 g/mol. The summed E-state index contributed by atoms with van der Waals surface area (Å²) in [5.74, 6) is 0.658. The highest BCUT2D eigenvalue weighted by Gasteiger charge is 2.19. The van der Waals surface area contributed by atoms with Gasteiger partial charge in [0.2, 0.25) is 5.95 Å². The average molecular weight is 538 g/mol. The van der Waals surface area contributed by atoms with Crippen LogP contribution < -0.4 is 0 Å². The van der Waals surface area contributed by atoms with Crippen LogP contribution in [-0.4, -0.2) is 14.5 Å². The number of furan rings is 1. The van der Waals surface area contributed by atoms with E-state index in [1.165, 1.54) is 0 Å². The molecule has 0 aliphatic heterocycles. The summed E-state index contributed by atoms with van der Waals surface area (Å²) in [7, 11) is 0. The number of benzene rings is 6. The van der Waals surface area contributed by atoms with E-state index in [0.717, 1.165) is 77.0 Å². The van der Waals surface area contributed by atoms with Gasteiger partial charge in [0, 0.05) is 38.1 Å². The fraction of sp³-hybridized carbons (Fsp3) is 0. The number of fused-ring (bicyclic) bond motifs is 7. The lowest BCUT2D eigenvalue weighted by atomic mass is 10.0. The van der Waals surface area contributed by atoms with Crippen LogP contribution in [0.25, 0.3) is 83.0 Å². The van der Waals surface area contributed by atoms with Crippen molar-refractivity contribution < 1.29 is 4.42 Å². The van der Waals surface area contributed by atoms with E-state index in [2.05, 4.69) is 114 Å². The molecule has 0 saturated carbocycles. The Morgan fingerprint density at radius 2 is 1.19 bits per heavy atom. The van der Waals surface area contributed by atoms with Gasteiger partial charge < -0.3 is 4.42 Å². The summed E-state index contributed by atoms with van der Waals surface area (Å²) in [6.45, 7) is 0. The number of para-hydroxylation sites is 4. The van der Waals surface area contributed by atoms with Crippen molar-refractivity contribution in [1.29, 1.82) is 0 Å². The molecule has 0 amide bonds. The molecule has 3 heterocycles. The molecular formula is C38H23N3O. The molecule has 0 N–H and O–H groups in total. The largest absolute Gasteiger partial charge is 0.455 e. The third-order valence-electron chi connectivity index (χ3n) is 8.23. The highest BCUT2D eigenvalue weighted by atomic mass is 16.3. The summed E-state index contributed by atoms with van der Waals surface area (Å²) in [6.07, 6.45) is 0. The Balaban J connectivity index is 1.31. The van der Waals surface area contributed by atoms with Crippen molar-refractivity contribution in [2.24, 2.45) is 0 Å². The fourth-order valence-corrected chi connectivity index (χ4v) is 6.31. The topological polar surface area (TPSA) is 43.9 Å². The SMILES string of the molecule is c1ccc(-c2nc(-n3c4ccccc4c4cc(-c5cccc6c5oc5ccccc56)ccc43)nc3ccccc23)cc1. The van der Waals surface area contributed by atoms with E-state index < -0.39 is 0 Å². The predicted molar refractivity (Wildman–Crippen MR) is 172 cm³/mol. The molecule has 0 radical (unpaired) electrons. The minimum absolute atomic E-state index is 0.658. The van der Waals surface area contributed by atoms with Crippen molar-refractivity contribution in [2.45, 2.75) is 0 Å². The van der Waals surface area contributed by atoms with Gasteiger partial charge in [0.05, 0.1) is 22.2 Å². The zero-order valence-corrected chi connectivity index (χ0v) is 22.5. The van der Waals surface area contributed by atoms with Gasteiger partial charge >= 0.3 is 0 Å². The van der Waals surface area contributed by atoms with Crippen LogP contribution in [0.3, 0.4) is 0 Å². The van der Waals surface area contributed by atoms with E-state index in [-0.39, 0.29) is 0 Å². The Bertz CT molecular complexity index is 2470. The molecule has 3 aromatic heterocycles. The van der Waals surface area contributed by atoms with Crippen LogP contribution in [0.2, 0.25) is 0 Å². The van der Waals surface area contributed by atoms with Crippen molar-refractivity contribution in [2.75, 3.05) is 0 Å². The smallest absolute Gasteiger partial charge is 0.235 e. The molecule has 0 saturated heterocycles. The standard InChI is InChI=1S/C38H23N3O/c1-2-11-24(12-3-1)36-30-15-4-7-18-32(30)39-38(40-36)41-33-19-8-5-13-27(33)31-23-25(21-22-34(31)41)26-16-10-17-29-28-14-6-9-20-35(28)42-37(26)29/h1-23H. The van der Waals surface area contributed by atoms with Gasteiger partial charge in [-0.2, -0.15) is 0 Å². The van der Waals surface area contributed by atoms with Gasteiger partial charge in [0.1, 0.15) is 11.2 Å². The number of rotatable bonds is 3. The maximum atomic E-state index is 6.38. The van der Waals surface area contributed by atoms with E-state index >= 15 is 0 Å². The van der Waals surface area contributed by atoms with Crippen LogP contribution in [0.1, 0.15) is 0 Å².